The van der Waals surface area contributed by atoms with Crippen LogP contribution >= 0.6 is 0 Å². The van der Waals surface area contributed by atoms with Gasteiger partial charge in [-0.05, 0) is 24.3 Å². The number of carbonyl (C=O) groups is 1. The Morgan fingerprint density at radius 2 is 1.44 bits per heavy atom. The number of benzene rings is 1. The summed E-state index contributed by atoms with van der Waals surface area (Å²) in [4.78, 5) is 32.3. The van der Waals surface area contributed by atoms with Gasteiger partial charge in [-0.2, -0.15) is 15.0 Å². The van der Waals surface area contributed by atoms with E-state index >= 15 is 0 Å². The number of aromatic nitrogens is 3. The number of anilines is 4. The van der Waals surface area contributed by atoms with Crippen LogP contribution in [-0.4, -0.2) is 92.3 Å². The summed E-state index contributed by atoms with van der Waals surface area (Å²) in [7, 11) is 3.75. The first kappa shape index (κ1) is 22.0. The molecule has 1 aromatic heterocycles. The molecular formula is C22H29N7O3. The molecule has 170 valence electrons. The smallest absolute Gasteiger partial charge is 0.233 e. The molecule has 2 aliphatic heterocycles. The van der Waals surface area contributed by atoms with Crippen LogP contribution in [0.15, 0.2) is 36.5 Å². The number of nitrogens with one attached hydrogen (secondary N) is 1. The van der Waals surface area contributed by atoms with Crippen LogP contribution in [0.3, 0.4) is 0 Å². The van der Waals surface area contributed by atoms with Crippen LogP contribution in [0.4, 0.5) is 23.5 Å². The predicted molar refractivity (Wildman–Crippen MR) is 123 cm³/mol. The minimum absolute atomic E-state index is 0.0466. The number of hydrogen-bond acceptors (Lipinski definition) is 10. The largest absolute Gasteiger partial charge is 0.383 e. The summed E-state index contributed by atoms with van der Waals surface area (Å²) in [6, 6.07) is 7.28. The first-order valence-corrected chi connectivity index (χ1v) is 10.8. The maximum atomic E-state index is 12.3. The van der Waals surface area contributed by atoms with E-state index in [1.165, 1.54) is 0 Å². The molecule has 3 heterocycles. The summed E-state index contributed by atoms with van der Waals surface area (Å²) in [5, 5.41) is 3.26. The van der Waals surface area contributed by atoms with E-state index < -0.39 is 0 Å². The third kappa shape index (κ3) is 5.71. The molecule has 2 fully saturated rings. The number of allylic oxidation sites excluding steroid dienone is 1. The Hall–Kier alpha value is -3.24. The quantitative estimate of drug-likeness (QED) is 0.506. The van der Waals surface area contributed by atoms with E-state index in [-0.39, 0.29) is 5.78 Å². The van der Waals surface area contributed by atoms with E-state index in [0.29, 0.717) is 49.8 Å². The topological polar surface area (TPSA) is 96.0 Å². The van der Waals surface area contributed by atoms with Crippen LogP contribution < -0.4 is 15.1 Å². The van der Waals surface area contributed by atoms with Crippen LogP contribution in [0.1, 0.15) is 10.4 Å². The molecule has 0 unspecified atom stereocenters. The standard InChI is InChI=1S/C22H29N7O3/c1-27(2)8-7-19(30)17-3-5-18(6-4-17)23-20-24-21(28-9-13-31-14-10-28)26-22(25-20)29-11-15-32-16-12-29/h3-8H,9-16H2,1-2H3,(H,23,24,25,26)/b8-7+. The van der Waals surface area contributed by atoms with Crippen LogP contribution in [-0.2, 0) is 9.47 Å². The molecule has 2 aliphatic rings. The van der Waals surface area contributed by atoms with Crippen molar-refractivity contribution in [2.45, 2.75) is 0 Å². The number of morpholine rings is 2. The lowest BCUT2D eigenvalue weighted by molar-refractivity contribution is 0.104. The number of carbonyl (C=O) groups excluding carboxylic acids is 1. The fourth-order valence-corrected chi connectivity index (χ4v) is 3.38. The molecule has 0 saturated carbocycles. The van der Waals surface area contributed by atoms with Gasteiger partial charge in [-0.15, -0.1) is 0 Å². The normalized spacial score (nSPS) is 16.9. The molecule has 0 radical (unpaired) electrons. The minimum atomic E-state index is -0.0466. The summed E-state index contributed by atoms with van der Waals surface area (Å²) in [5.74, 6) is 1.69. The van der Waals surface area contributed by atoms with E-state index in [4.69, 9.17) is 14.5 Å². The van der Waals surface area contributed by atoms with Gasteiger partial charge in [0.25, 0.3) is 0 Å². The Morgan fingerprint density at radius 3 is 1.94 bits per heavy atom. The van der Waals surface area contributed by atoms with Gasteiger partial charge in [0.1, 0.15) is 0 Å². The number of hydrogen-bond donors (Lipinski definition) is 1. The maximum absolute atomic E-state index is 12.3. The molecule has 0 bridgehead atoms. The van der Waals surface area contributed by atoms with Crippen LogP contribution in [0.25, 0.3) is 0 Å². The van der Waals surface area contributed by atoms with Crippen molar-refractivity contribution in [3.8, 4) is 0 Å². The molecule has 1 aromatic carbocycles. The summed E-state index contributed by atoms with van der Waals surface area (Å²) in [6.45, 7) is 5.56. The van der Waals surface area contributed by atoms with Gasteiger partial charge in [0.15, 0.2) is 5.78 Å². The zero-order valence-corrected chi connectivity index (χ0v) is 18.5. The molecule has 2 saturated heterocycles. The number of rotatable bonds is 7. The highest BCUT2D eigenvalue weighted by atomic mass is 16.5. The Bertz CT molecular complexity index is 901. The van der Waals surface area contributed by atoms with Crippen LogP contribution in [0.5, 0.6) is 0 Å². The van der Waals surface area contributed by atoms with Crippen LogP contribution in [0, 0.1) is 0 Å². The highest BCUT2D eigenvalue weighted by molar-refractivity contribution is 6.04. The summed E-state index contributed by atoms with van der Waals surface area (Å²) in [5.41, 5.74) is 1.41. The van der Waals surface area contributed by atoms with Gasteiger partial charge in [-0.1, -0.05) is 0 Å². The van der Waals surface area contributed by atoms with E-state index in [1.807, 2.05) is 31.1 Å². The number of ether oxygens (including phenoxy) is 2. The number of nitrogens with zero attached hydrogens (tertiary/aromatic N) is 6. The molecular weight excluding hydrogens is 410 g/mol. The van der Waals surface area contributed by atoms with Gasteiger partial charge in [0, 0.05) is 63.8 Å². The molecule has 0 aliphatic carbocycles. The molecule has 32 heavy (non-hydrogen) atoms. The van der Waals surface area contributed by atoms with Crippen LogP contribution in [0.2, 0.25) is 0 Å². The highest BCUT2D eigenvalue weighted by Gasteiger charge is 2.20. The number of ketones is 1. The lowest BCUT2D eigenvalue weighted by atomic mass is 10.1. The zero-order valence-electron chi connectivity index (χ0n) is 18.5. The minimum Gasteiger partial charge on any atom is -0.383 e. The Balaban J connectivity index is 1.54. The molecule has 10 nitrogen and oxygen atoms in total. The maximum Gasteiger partial charge on any atom is 0.233 e. The first-order valence-electron chi connectivity index (χ1n) is 10.8. The fourth-order valence-electron chi connectivity index (χ4n) is 3.38. The van der Waals surface area contributed by atoms with Crippen molar-refractivity contribution in [2.75, 3.05) is 81.8 Å². The summed E-state index contributed by atoms with van der Waals surface area (Å²) in [6.07, 6.45) is 3.29. The second-order valence-corrected chi connectivity index (χ2v) is 7.80. The van der Waals surface area contributed by atoms with Gasteiger partial charge in [0.05, 0.1) is 26.4 Å². The van der Waals surface area contributed by atoms with Gasteiger partial charge in [-0.3, -0.25) is 4.79 Å². The first-order chi connectivity index (χ1) is 15.6. The van der Waals surface area contributed by atoms with Crippen molar-refractivity contribution < 1.29 is 14.3 Å². The molecule has 0 atom stereocenters. The van der Waals surface area contributed by atoms with E-state index in [1.54, 1.807) is 24.4 Å². The second-order valence-electron chi connectivity index (χ2n) is 7.80. The van der Waals surface area contributed by atoms with Gasteiger partial charge >= 0.3 is 0 Å². The Morgan fingerprint density at radius 1 is 0.906 bits per heavy atom. The third-order valence-corrected chi connectivity index (χ3v) is 5.15. The average Bonchev–Trinajstić information content (AvgIpc) is 2.84. The predicted octanol–water partition coefficient (Wildman–Crippen LogP) is 1.55. The molecule has 4 rings (SSSR count). The summed E-state index contributed by atoms with van der Waals surface area (Å²) >= 11 is 0. The van der Waals surface area contributed by atoms with Gasteiger partial charge < -0.3 is 29.5 Å². The van der Waals surface area contributed by atoms with E-state index in [2.05, 4.69) is 25.1 Å². The Kier molecular flexibility index (Phi) is 7.13. The molecule has 2 aromatic rings. The van der Waals surface area contributed by atoms with Crippen molar-refractivity contribution in [1.29, 1.82) is 0 Å². The van der Waals surface area contributed by atoms with Crippen molar-refractivity contribution in [1.82, 2.24) is 19.9 Å². The van der Waals surface area contributed by atoms with Crippen molar-refractivity contribution in [3.05, 3.63) is 42.1 Å². The molecule has 0 spiro atoms. The average molecular weight is 440 g/mol. The lowest BCUT2D eigenvalue weighted by Crippen LogP contribution is -2.40. The Labute approximate surface area is 187 Å². The lowest BCUT2D eigenvalue weighted by Gasteiger charge is -2.30. The molecule has 1 N–H and O–H groups in total. The van der Waals surface area contributed by atoms with E-state index in [9.17, 15) is 4.79 Å². The monoisotopic (exact) mass is 439 g/mol. The third-order valence-electron chi connectivity index (χ3n) is 5.15. The molecule has 10 heteroatoms. The second kappa shape index (κ2) is 10.4. The molecule has 0 amide bonds. The van der Waals surface area contributed by atoms with Crippen molar-refractivity contribution in [3.63, 3.8) is 0 Å². The van der Waals surface area contributed by atoms with Gasteiger partial charge in [0.2, 0.25) is 17.8 Å². The van der Waals surface area contributed by atoms with Crippen molar-refractivity contribution >= 4 is 29.3 Å². The summed E-state index contributed by atoms with van der Waals surface area (Å²) < 4.78 is 10.9. The zero-order chi connectivity index (χ0) is 22.3. The fraction of sp³-hybridized carbons (Fsp3) is 0.455. The van der Waals surface area contributed by atoms with Gasteiger partial charge in [-0.25, -0.2) is 0 Å². The van der Waals surface area contributed by atoms with Crippen molar-refractivity contribution in [2.24, 2.45) is 0 Å². The SMILES string of the molecule is CN(C)/C=C/C(=O)c1ccc(Nc2nc(N3CCOCC3)nc(N3CCOCC3)n2)cc1. The highest BCUT2D eigenvalue weighted by Crippen LogP contribution is 2.21. The van der Waals surface area contributed by atoms with E-state index in [0.717, 1.165) is 31.9 Å².